The van der Waals surface area contributed by atoms with E-state index in [9.17, 15) is 0 Å². The lowest BCUT2D eigenvalue weighted by Crippen LogP contribution is -2.13. The molecule has 2 rings (SSSR count). The summed E-state index contributed by atoms with van der Waals surface area (Å²) in [7, 11) is 1.84. The Hall–Kier alpha value is -2.19. The number of aryl methyl sites for hydroxylation is 1. The van der Waals surface area contributed by atoms with Gasteiger partial charge in [0.15, 0.2) is 0 Å². The summed E-state index contributed by atoms with van der Waals surface area (Å²) in [5, 5.41) is 19.9. The zero-order chi connectivity index (χ0) is 12.1. The van der Waals surface area contributed by atoms with E-state index in [0.717, 1.165) is 11.3 Å². The molecule has 1 aromatic carbocycles. The molecule has 0 spiro atoms. The molecule has 1 aromatic heterocycles. The van der Waals surface area contributed by atoms with Gasteiger partial charge in [0.2, 0.25) is 0 Å². The van der Waals surface area contributed by atoms with Crippen LogP contribution in [0.3, 0.4) is 0 Å². The van der Waals surface area contributed by atoms with Gasteiger partial charge >= 0.3 is 0 Å². The molecule has 86 valence electrons. The van der Waals surface area contributed by atoms with E-state index in [1.54, 1.807) is 10.7 Å². The fraction of sp³-hybridized carbons (Fsp3) is 0.250. The van der Waals surface area contributed by atoms with E-state index in [1.807, 2.05) is 31.4 Å². The number of nitriles is 1. The molecule has 1 N–H and O–H groups in total. The van der Waals surface area contributed by atoms with E-state index in [0.29, 0.717) is 18.7 Å². The molecule has 2 aromatic rings. The molecule has 0 unspecified atom stereocenters. The van der Waals surface area contributed by atoms with Crippen molar-refractivity contribution in [2.75, 3.05) is 0 Å². The van der Waals surface area contributed by atoms with Gasteiger partial charge < -0.3 is 5.32 Å². The third-order valence-corrected chi connectivity index (χ3v) is 2.34. The van der Waals surface area contributed by atoms with Gasteiger partial charge in [-0.3, -0.25) is 4.68 Å². The molecule has 1 heterocycles. The molecular formula is C12H13N5. The average Bonchev–Trinajstić information content (AvgIpc) is 2.75. The van der Waals surface area contributed by atoms with E-state index < -0.39 is 0 Å². The van der Waals surface area contributed by atoms with Gasteiger partial charge in [-0.2, -0.15) is 5.26 Å². The van der Waals surface area contributed by atoms with E-state index in [4.69, 9.17) is 5.26 Å². The van der Waals surface area contributed by atoms with Gasteiger partial charge in [-0.15, -0.1) is 5.10 Å². The van der Waals surface area contributed by atoms with Gasteiger partial charge in [-0.1, -0.05) is 17.3 Å². The van der Waals surface area contributed by atoms with Gasteiger partial charge in [0.1, 0.15) is 0 Å². The summed E-state index contributed by atoms with van der Waals surface area (Å²) in [6, 6.07) is 9.68. The van der Waals surface area contributed by atoms with Crippen LogP contribution in [0, 0.1) is 11.3 Å². The Labute approximate surface area is 99.7 Å². The maximum atomic E-state index is 8.78. The number of benzene rings is 1. The number of nitrogens with zero attached hydrogens (tertiary/aromatic N) is 4. The maximum Gasteiger partial charge on any atom is 0.0991 e. The molecule has 0 saturated carbocycles. The Kier molecular flexibility index (Phi) is 3.48. The maximum absolute atomic E-state index is 8.78. The Morgan fingerprint density at radius 3 is 3.00 bits per heavy atom. The van der Waals surface area contributed by atoms with Crippen LogP contribution < -0.4 is 5.32 Å². The van der Waals surface area contributed by atoms with Gasteiger partial charge in [-0.25, -0.2) is 0 Å². The predicted octanol–water partition coefficient (Wildman–Crippen LogP) is 0.977. The first-order valence-electron chi connectivity index (χ1n) is 5.33. The third-order valence-electron chi connectivity index (χ3n) is 2.34. The molecule has 0 fully saturated rings. The molecule has 5 nitrogen and oxygen atoms in total. The van der Waals surface area contributed by atoms with E-state index in [-0.39, 0.29) is 0 Å². The summed E-state index contributed by atoms with van der Waals surface area (Å²) < 4.78 is 1.67. The van der Waals surface area contributed by atoms with Crippen LogP contribution in [0.1, 0.15) is 16.8 Å². The first-order valence-corrected chi connectivity index (χ1v) is 5.33. The van der Waals surface area contributed by atoms with Crippen molar-refractivity contribution in [3.8, 4) is 6.07 Å². The minimum absolute atomic E-state index is 0.671. The molecule has 0 aliphatic heterocycles. The van der Waals surface area contributed by atoms with Crippen molar-refractivity contribution in [1.29, 1.82) is 5.26 Å². The highest BCUT2D eigenvalue weighted by molar-refractivity contribution is 5.32. The largest absolute Gasteiger partial charge is 0.307 e. The van der Waals surface area contributed by atoms with Crippen molar-refractivity contribution < 1.29 is 0 Å². The lowest BCUT2D eigenvalue weighted by Gasteiger charge is -2.02. The minimum Gasteiger partial charge on any atom is -0.307 e. The molecule has 0 atom stereocenters. The molecule has 5 heteroatoms. The minimum atomic E-state index is 0.671. The number of rotatable bonds is 4. The van der Waals surface area contributed by atoms with Crippen LogP contribution in [0.4, 0.5) is 0 Å². The monoisotopic (exact) mass is 227 g/mol. The lowest BCUT2D eigenvalue weighted by atomic mass is 10.1. The highest BCUT2D eigenvalue weighted by Crippen LogP contribution is 2.03. The van der Waals surface area contributed by atoms with E-state index in [2.05, 4.69) is 21.7 Å². The highest BCUT2D eigenvalue weighted by atomic mass is 15.4. The van der Waals surface area contributed by atoms with Crippen molar-refractivity contribution in [2.45, 2.75) is 13.1 Å². The van der Waals surface area contributed by atoms with Crippen LogP contribution >= 0.6 is 0 Å². The summed E-state index contributed by atoms with van der Waals surface area (Å²) in [5.41, 5.74) is 2.68. The summed E-state index contributed by atoms with van der Waals surface area (Å²) in [4.78, 5) is 0. The van der Waals surface area contributed by atoms with E-state index in [1.165, 1.54) is 0 Å². The van der Waals surface area contributed by atoms with Crippen LogP contribution in [-0.2, 0) is 20.1 Å². The van der Waals surface area contributed by atoms with Crippen LogP contribution in [-0.4, -0.2) is 15.0 Å². The molecule has 0 amide bonds. The van der Waals surface area contributed by atoms with E-state index >= 15 is 0 Å². The Balaban J connectivity index is 1.88. The number of nitrogens with one attached hydrogen (secondary N) is 1. The van der Waals surface area contributed by atoms with Crippen LogP contribution in [0.15, 0.2) is 30.5 Å². The Morgan fingerprint density at radius 1 is 1.41 bits per heavy atom. The van der Waals surface area contributed by atoms with Crippen LogP contribution in [0.2, 0.25) is 0 Å². The molecule has 0 radical (unpaired) electrons. The van der Waals surface area contributed by atoms with Crippen molar-refractivity contribution in [2.24, 2.45) is 7.05 Å². The Bertz CT molecular complexity index is 538. The Morgan fingerprint density at radius 2 is 2.29 bits per heavy atom. The summed E-state index contributed by atoms with van der Waals surface area (Å²) >= 11 is 0. The van der Waals surface area contributed by atoms with Crippen LogP contribution in [0.5, 0.6) is 0 Å². The lowest BCUT2D eigenvalue weighted by molar-refractivity contribution is 0.673. The van der Waals surface area contributed by atoms with Crippen molar-refractivity contribution in [3.63, 3.8) is 0 Å². The van der Waals surface area contributed by atoms with Crippen molar-refractivity contribution in [3.05, 3.63) is 47.3 Å². The third kappa shape index (κ3) is 3.13. The number of hydrogen-bond donors (Lipinski definition) is 1. The summed E-state index contributed by atoms with van der Waals surface area (Å²) in [5.74, 6) is 0. The second kappa shape index (κ2) is 5.23. The second-order valence-electron chi connectivity index (χ2n) is 3.80. The summed E-state index contributed by atoms with van der Waals surface area (Å²) in [6.45, 7) is 1.39. The van der Waals surface area contributed by atoms with Gasteiger partial charge in [0, 0.05) is 26.3 Å². The number of hydrogen-bond acceptors (Lipinski definition) is 4. The predicted molar refractivity (Wildman–Crippen MR) is 62.7 cm³/mol. The van der Waals surface area contributed by atoms with Gasteiger partial charge in [0.05, 0.1) is 17.3 Å². The summed E-state index contributed by atoms with van der Waals surface area (Å²) in [6.07, 6.45) is 1.87. The topological polar surface area (TPSA) is 66.5 Å². The zero-order valence-electron chi connectivity index (χ0n) is 9.59. The smallest absolute Gasteiger partial charge is 0.0991 e. The molecule has 0 bridgehead atoms. The SMILES string of the molecule is Cn1cc(CNCc2cccc(C#N)c2)nn1. The van der Waals surface area contributed by atoms with Crippen molar-refractivity contribution in [1.82, 2.24) is 20.3 Å². The van der Waals surface area contributed by atoms with Gasteiger partial charge in [0.25, 0.3) is 0 Å². The number of aromatic nitrogens is 3. The molecule has 0 saturated heterocycles. The average molecular weight is 227 g/mol. The molecule has 0 aliphatic carbocycles. The fourth-order valence-corrected chi connectivity index (χ4v) is 1.56. The quantitative estimate of drug-likeness (QED) is 0.845. The highest BCUT2D eigenvalue weighted by Gasteiger charge is 1.98. The standard InChI is InChI=1S/C12H13N5/c1-17-9-12(15-16-17)8-14-7-11-4-2-3-10(5-11)6-13/h2-5,9,14H,7-8H2,1H3. The first kappa shape index (κ1) is 11.3. The van der Waals surface area contributed by atoms with Crippen molar-refractivity contribution >= 4 is 0 Å². The fourth-order valence-electron chi connectivity index (χ4n) is 1.56. The second-order valence-corrected chi connectivity index (χ2v) is 3.80. The normalized spacial score (nSPS) is 10.1. The first-order chi connectivity index (χ1) is 8.28. The van der Waals surface area contributed by atoms with Gasteiger partial charge in [-0.05, 0) is 17.7 Å². The zero-order valence-corrected chi connectivity index (χ0v) is 9.59. The molecule has 17 heavy (non-hydrogen) atoms. The molecule has 0 aliphatic rings. The molecular weight excluding hydrogens is 214 g/mol. The van der Waals surface area contributed by atoms with Crippen LogP contribution in [0.25, 0.3) is 0 Å².